The van der Waals surface area contributed by atoms with Gasteiger partial charge in [0, 0.05) is 22.7 Å². The van der Waals surface area contributed by atoms with E-state index in [1.807, 2.05) is 0 Å². The van der Waals surface area contributed by atoms with Crippen molar-refractivity contribution < 1.29 is 4.21 Å². The summed E-state index contributed by atoms with van der Waals surface area (Å²) in [6, 6.07) is 5.32. The van der Waals surface area contributed by atoms with Crippen molar-refractivity contribution in [1.29, 1.82) is 0 Å². The summed E-state index contributed by atoms with van der Waals surface area (Å²) >= 11 is 0. The molecule has 0 radical (unpaired) electrons. The molecule has 1 aliphatic carbocycles. The van der Waals surface area contributed by atoms with Crippen LogP contribution in [0.5, 0.6) is 0 Å². The molecule has 1 aromatic rings. The first kappa shape index (κ1) is 10.5. The summed E-state index contributed by atoms with van der Waals surface area (Å²) in [7, 11) is -0.798. The van der Waals surface area contributed by atoms with Gasteiger partial charge < -0.3 is 5.32 Å². The minimum Gasteiger partial charge on any atom is -0.306 e. The molecule has 86 valence electrons. The van der Waals surface area contributed by atoms with Crippen LogP contribution in [0.2, 0.25) is 0 Å². The summed E-state index contributed by atoms with van der Waals surface area (Å²) in [6.45, 7) is 4.22. The molecular formula is C13H17NOS. The summed E-state index contributed by atoms with van der Waals surface area (Å²) in [4.78, 5) is 1.06. The number of aryl methyl sites for hydroxylation is 2. The van der Waals surface area contributed by atoms with E-state index in [1.54, 1.807) is 0 Å². The van der Waals surface area contributed by atoms with Gasteiger partial charge in [0.05, 0.1) is 10.8 Å². The average Bonchev–Trinajstić information content (AvgIpc) is 2.99. The molecule has 0 aromatic heterocycles. The Bertz CT molecular complexity index is 465. The molecule has 1 aliphatic heterocycles. The Morgan fingerprint density at radius 1 is 1.25 bits per heavy atom. The molecule has 1 aromatic carbocycles. The fourth-order valence-corrected chi connectivity index (χ4v) is 3.82. The van der Waals surface area contributed by atoms with Crippen molar-refractivity contribution in [3.63, 3.8) is 0 Å². The minimum atomic E-state index is -0.798. The molecule has 2 unspecified atom stereocenters. The Kier molecular flexibility index (Phi) is 2.41. The normalized spacial score (nSPS) is 28.1. The maximum atomic E-state index is 12.0. The summed E-state index contributed by atoms with van der Waals surface area (Å²) in [6.07, 6.45) is 2.56. The molecule has 16 heavy (non-hydrogen) atoms. The predicted molar refractivity (Wildman–Crippen MR) is 66.1 cm³/mol. The summed E-state index contributed by atoms with van der Waals surface area (Å²) in [5, 5.41) is 3.59. The molecule has 2 nitrogen and oxygen atoms in total. The molecular weight excluding hydrogens is 218 g/mol. The van der Waals surface area contributed by atoms with Gasteiger partial charge in [0.15, 0.2) is 0 Å². The zero-order valence-electron chi connectivity index (χ0n) is 9.75. The van der Waals surface area contributed by atoms with Gasteiger partial charge in [0.1, 0.15) is 0 Å². The molecule has 3 heteroatoms. The van der Waals surface area contributed by atoms with Crippen LogP contribution < -0.4 is 5.32 Å². The van der Waals surface area contributed by atoms with E-state index < -0.39 is 10.8 Å². The summed E-state index contributed by atoms with van der Waals surface area (Å²) in [5.74, 6) is 0.759. The lowest BCUT2D eigenvalue weighted by molar-refractivity contribution is 0.577. The van der Waals surface area contributed by atoms with Gasteiger partial charge in [0.2, 0.25) is 0 Å². The van der Waals surface area contributed by atoms with Crippen LogP contribution in [0.15, 0.2) is 17.0 Å². The Balaban J connectivity index is 1.98. The molecule has 3 rings (SSSR count). The van der Waals surface area contributed by atoms with Crippen LogP contribution >= 0.6 is 0 Å². The second-order valence-corrected chi connectivity index (χ2v) is 6.44. The fourth-order valence-electron chi connectivity index (χ4n) is 2.28. The number of hydrogen-bond acceptors (Lipinski definition) is 2. The zero-order valence-corrected chi connectivity index (χ0v) is 10.6. The monoisotopic (exact) mass is 235 g/mol. The largest absolute Gasteiger partial charge is 0.306 e. The van der Waals surface area contributed by atoms with Gasteiger partial charge in [-0.3, -0.25) is 4.21 Å². The Hall–Kier alpha value is -0.670. The van der Waals surface area contributed by atoms with Crippen LogP contribution in [0.4, 0.5) is 0 Å². The Morgan fingerprint density at radius 2 is 1.94 bits per heavy atom. The summed E-state index contributed by atoms with van der Waals surface area (Å²) in [5.41, 5.74) is 3.83. The van der Waals surface area contributed by atoms with Crippen molar-refractivity contribution in [2.45, 2.75) is 43.7 Å². The smallest absolute Gasteiger partial charge is 0.0552 e. The topological polar surface area (TPSA) is 29.1 Å². The maximum Gasteiger partial charge on any atom is 0.0552 e. The minimum absolute atomic E-state index is 0.322. The average molecular weight is 235 g/mol. The van der Waals surface area contributed by atoms with Crippen LogP contribution in [0.3, 0.4) is 0 Å². The fraction of sp³-hybridized carbons (Fsp3) is 0.538. The first-order valence-corrected chi connectivity index (χ1v) is 7.22. The molecule has 1 heterocycles. The molecule has 2 aliphatic rings. The van der Waals surface area contributed by atoms with Crippen LogP contribution in [-0.4, -0.2) is 16.0 Å². The van der Waals surface area contributed by atoms with Crippen molar-refractivity contribution in [3.8, 4) is 0 Å². The predicted octanol–water partition coefficient (Wildman–Crippen LogP) is 2.22. The molecule has 1 N–H and O–H groups in total. The third kappa shape index (κ3) is 1.72. The van der Waals surface area contributed by atoms with E-state index in [-0.39, 0.29) is 0 Å². The molecule has 1 saturated carbocycles. The van der Waals surface area contributed by atoms with Crippen LogP contribution in [0.1, 0.15) is 35.6 Å². The number of hydrogen-bond donors (Lipinski definition) is 1. The number of rotatable bonds is 2. The quantitative estimate of drug-likeness (QED) is 0.851. The number of benzene rings is 1. The van der Waals surface area contributed by atoms with Crippen molar-refractivity contribution in [3.05, 3.63) is 28.8 Å². The van der Waals surface area contributed by atoms with E-state index in [2.05, 4.69) is 31.3 Å². The first-order chi connectivity index (χ1) is 7.65. The molecule has 2 atom stereocenters. The SMILES string of the molecule is Cc1cc2c(cc1C)S(=O)CC2NC1CC1. The highest BCUT2D eigenvalue weighted by atomic mass is 32.2. The van der Waals surface area contributed by atoms with E-state index in [0.717, 1.165) is 10.6 Å². The van der Waals surface area contributed by atoms with Crippen LogP contribution in [-0.2, 0) is 10.8 Å². The van der Waals surface area contributed by atoms with Gasteiger partial charge in [-0.2, -0.15) is 0 Å². The standard InChI is InChI=1S/C13H17NOS/c1-8-5-11-12(14-10-3-4-10)7-16(15)13(11)6-9(8)2/h5-6,10,12,14H,3-4,7H2,1-2H3. The first-order valence-electron chi connectivity index (χ1n) is 5.90. The second kappa shape index (κ2) is 3.67. The zero-order chi connectivity index (χ0) is 11.3. The van der Waals surface area contributed by atoms with E-state index in [4.69, 9.17) is 0 Å². The number of fused-ring (bicyclic) bond motifs is 1. The van der Waals surface area contributed by atoms with Crippen molar-refractivity contribution in [2.24, 2.45) is 0 Å². The molecule has 1 fully saturated rings. The lowest BCUT2D eigenvalue weighted by Gasteiger charge is -2.13. The lowest BCUT2D eigenvalue weighted by Crippen LogP contribution is -2.24. The van der Waals surface area contributed by atoms with E-state index >= 15 is 0 Å². The molecule has 0 amide bonds. The molecule has 0 bridgehead atoms. The highest BCUT2D eigenvalue weighted by molar-refractivity contribution is 7.85. The van der Waals surface area contributed by atoms with Gasteiger partial charge in [0.25, 0.3) is 0 Å². The van der Waals surface area contributed by atoms with Crippen molar-refractivity contribution in [1.82, 2.24) is 5.32 Å². The Labute approximate surface area is 98.9 Å². The third-order valence-electron chi connectivity index (χ3n) is 3.58. The van der Waals surface area contributed by atoms with Crippen LogP contribution in [0, 0.1) is 13.8 Å². The Morgan fingerprint density at radius 3 is 2.62 bits per heavy atom. The van der Waals surface area contributed by atoms with Gasteiger partial charge in [-0.25, -0.2) is 0 Å². The van der Waals surface area contributed by atoms with Crippen molar-refractivity contribution >= 4 is 10.8 Å². The van der Waals surface area contributed by atoms with Gasteiger partial charge in [-0.15, -0.1) is 0 Å². The van der Waals surface area contributed by atoms with Crippen molar-refractivity contribution in [2.75, 3.05) is 5.75 Å². The van der Waals surface area contributed by atoms with Gasteiger partial charge in [-0.1, -0.05) is 6.07 Å². The second-order valence-electron chi connectivity index (χ2n) is 4.98. The highest BCUT2D eigenvalue weighted by Crippen LogP contribution is 2.35. The van der Waals surface area contributed by atoms with E-state index in [9.17, 15) is 4.21 Å². The maximum absolute atomic E-state index is 12.0. The van der Waals surface area contributed by atoms with E-state index in [0.29, 0.717) is 12.1 Å². The lowest BCUT2D eigenvalue weighted by atomic mass is 10.0. The van der Waals surface area contributed by atoms with Gasteiger partial charge in [-0.05, 0) is 49.4 Å². The van der Waals surface area contributed by atoms with E-state index in [1.165, 1.54) is 29.5 Å². The van der Waals surface area contributed by atoms with Crippen LogP contribution in [0.25, 0.3) is 0 Å². The third-order valence-corrected chi connectivity index (χ3v) is 5.06. The number of nitrogens with one attached hydrogen (secondary N) is 1. The van der Waals surface area contributed by atoms with Gasteiger partial charge >= 0.3 is 0 Å². The highest BCUT2D eigenvalue weighted by Gasteiger charge is 2.33. The molecule has 0 spiro atoms. The summed E-state index contributed by atoms with van der Waals surface area (Å²) < 4.78 is 12.0. The molecule has 0 saturated heterocycles.